The minimum atomic E-state index is -0.660. The Bertz CT molecular complexity index is 375. The van der Waals surface area contributed by atoms with Crippen LogP contribution < -0.4 is 4.74 Å². The molecule has 100 valence electrons. The van der Waals surface area contributed by atoms with Gasteiger partial charge in [-0.1, -0.05) is 12.1 Å². The summed E-state index contributed by atoms with van der Waals surface area (Å²) in [5, 5.41) is 9.32. The number of allylic oxidation sites excluding steroid dienone is 1. The van der Waals surface area contributed by atoms with Gasteiger partial charge in [0.05, 0.1) is 12.7 Å². The third-order valence-corrected chi connectivity index (χ3v) is 2.75. The van der Waals surface area contributed by atoms with Gasteiger partial charge in [-0.2, -0.15) is 0 Å². The smallest absolute Gasteiger partial charge is 0.165 e. The van der Waals surface area contributed by atoms with Crippen LogP contribution in [0.1, 0.15) is 44.3 Å². The van der Waals surface area contributed by atoms with Crippen molar-refractivity contribution in [3.05, 3.63) is 42.2 Å². The molecule has 0 aliphatic carbocycles. The molecule has 0 amide bonds. The minimum Gasteiger partial charge on any atom is -0.491 e. The maximum atomic E-state index is 13.6. The molecule has 2 nitrogen and oxygen atoms in total. The SMILES string of the molecule is C=CCCCCCOc1ccc([C@@H](C)O)cc1F. The van der Waals surface area contributed by atoms with Crippen LogP contribution in [-0.2, 0) is 0 Å². The summed E-state index contributed by atoms with van der Waals surface area (Å²) >= 11 is 0. The molecule has 0 fully saturated rings. The molecule has 18 heavy (non-hydrogen) atoms. The van der Waals surface area contributed by atoms with Crippen molar-refractivity contribution >= 4 is 0 Å². The van der Waals surface area contributed by atoms with Crippen molar-refractivity contribution in [2.45, 2.75) is 38.7 Å². The van der Waals surface area contributed by atoms with Crippen molar-refractivity contribution in [1.82, 2.24) is 0 Å². The third-order valence-electron chi connectivity index (χ3n) is 2.75. The van der Waals surface area contributed by atoms with Gasteiger partial charge in [-0.15, -0.1) is 6.58 Å². The molecular formula is C15H21FO2. The van der Waals surface area contributed by atoms with Gasteiger partial charge in [0, 0.05) is 0 Å². The highest BCUT2D eigenvalue weighted by Crippen LogP contribution is 2.22. The molecule has 0 heterocycles. The Morgan fingerprint density at radius 2 is 2.17 bits per heavy atom. The second-order valence-corrected chi connectivity index (χ2v) is 4.35. The molecule has 1 atom stereocenters. The predicted octanol–water partition coefficient (Wildman–Crippen LogP) is 4.00. The van der Waals surface area contributed by atoms with Crippen LogP contribution >= 0.6 is 0 Å². The number of benzene rings is 1. The number of hydrogen-bond acceptors (Lipinski definition) is 2. The quantitative estimate of drug-likeness (QED) is 0.559. The first-order valence-corrected chi connectivity index (χ1v) is 6.36. The molecule has 0 aliphatic rings. The van der Waals surface area contributed by atoms with E-state index in [9.17, 15) is 9.50 Å². The summed E-state index contributed by atoms with van der Waals surface area (Å²) in [4.78, 5) is 0. The van der Waals surface area contributed by atoms with E-state index >= 15 is 0 Å². The van der Waals surface area contributed by atoms with E-state index in [4.69, 9.17) is 4.74 Å². The van der Waals surface area contributed by atoms with E-state index in [0.717, 1.165) is 25.7 Å². The van der Waals surface area contributed by atoms with Gasteiger partial charge >= 0.3 is 0 Å². The molecule has 1 aromatic carbocycles. The molecule has 0 bridgehead atoms. The summed E-state index contributed by atoms with van der Waals surface area (Å²) in [6.45, 7) is 5.78. The average Bonchev–Trinajstić information content (AvgIpc) is 2.35. The number of rotatable bonds is 8. The molecule has 1 aromatic rings. The van der Waals surface area contributed by atoms with Crippen LogP contribution in [0.15, 0.2) is 30.9 Å². The van der Waals surface area contributed by atoms with Gasteiger partial charge in [0.15, 0.2) is 11.6 Å². The van der Waals surface area contributed by atoms with Crippen molar-refractivity contribution in [1.29, 1.82) is 0 Å². The Morgan fingerprint density at radius 1 is 1.39 bits per heavy atom. The highest BCUT2D eigenvalue weighted by molar-refractivity contribution is 5.30. The topological polar surface area (TPSA) is 29.5 Å². The van der Waals surface area contributed by atoms with Gasteiger partial charge in [-0.05, 0) is 50.3 Å². The molecule has 0 saturated carbocycles. The van der Waals surface area contributed by atoms with Gasteiger partial charge in [-0.25, -0.2) is 4.39 Å². The zero-order chi connectivity index (χ0) is 13.4. The van der Waals surface area contributed by atoms with E-state index in [1.165, 1.54) is 6.07 Å². The lowest BCUT2D eigenvalue weighted by atomic mass is 10.1. The first-order valence-electron chi connectivity index (χ1n) is 6.36. The first-order chi connectivity index (χ1) is 8.65. The number of aliphatic hydroxyl groups is 1. The third kappa shape index (κ3) is 4.88. The average molecular weight is 252 g/mol. The monoisotopic (exact) mass is 252 g/mol. The van der Waals surface area contributed by atoms with Crippen LogP contribution in [-0.4, -0.2) is 11.7 Å². The molecule has 1 N–H and O–H groups in total. The molecule has 0 radical (unpaired) electrons. The van der Waals surface area contributed by atoms with E-state index in [2.05, 4.69) is 6.58 Å². The van der Waals surface area contributed by atoms with E-state index in [1.807, 2.05) is 6.08 Å². The fourth-order valence-electron chi connectivity index (χ4n) is 1.64. The fraction of sp³-hybridized carbons (Fsp3) is 0.467. The Kier molecular flexibility index (Phi) is 6.44. The largest absolute Gasteiger partial charge is 0.491 e. The van der Waals surface area contributed by atoms with Crippen LogP contribution in [0.25, 0.3) is 0 Å². The molecule has 0 saturated heterocycles. The Balaban J connectivity index is 2.36. The normalized spacial score (nSPS) is 12.2. The van der Waals surface area contributed by atoms with E-state index in [1.54, 1.807) is 19.1 Å². The molecule has 0 spiro atoms. The second-order valence-electron chi connectivity index (χ2n) is 4.35. The predicted molar refractivity (Wildman–Crippen MR) is 71.2 cm³/mol. The second kappa shape index (κ2) is 7.88. The van der Waals surface area contributed by atoms with Crippen LogP contribution in [0.3, 0.4) is 0 Å². The summed E-state index contributed by atoms with van der Waals surface area (Å²) in [5.74, 6) is -0.164. The number of halogens is 1. The van der Waals surface area contributed by atoms with Gasteiger partial charge in [-0.3, -0.25) is 0 Å². The highest BCUT2D eigenvalue weighted by atomic mass is 19.1. The highest BCUT2D eigenvalue weighted by Gasteiger charge is 2.07. The van der Waals surface area contributed by atoms with Crippen molar-refractivity contribution in [3.63, 3.8) is 0 Å². The van der Waals surface area contributed by atoms with Crippen molar-refractivity contribution in [2.75, 3.05) is 6.61 Å². The van der Waals surface area contributed by atoms with Gasteiger partial charge < -0.3 is 9.84 Å². The molecular weight excluding hydrogens is 231 g/mol. The van der Waals surface area contributed by atoms with E-state index in [0.29, 0.717) is 12.2 Å². The Labute approximate surface area is 108 Å². The van der Waals surface area contributed by atoms with Crippen LogP contribution in [0.4, 0.5) is 4.39 Å². The van der Waals surface area contributed by atoms with Crippen molar-refractivity contribution in [3.8, 4) is 5.75 Å². The summed E-state index contributed by atoms with van der Waals surface area (Å²) < 4.78 is 19.0. The van der Waals surface area contributed by atoms with Crippen LogP contribution in [0.2, 0.25) is 0 Å². The zero-order valence-electron chi connectivity index (χ0n) is 10.9. The summed E-state index contributed by atoms with van der Waals surface area (Å²) in [6, 6.07) is 4.57. The molecule has 3 heteroatoms. The standard InChI is InChI=1S/C15H21FO2/c1-3-4-5-6-7-10-18-15-9-8-13(12(2)17)11-14(15)16/h3,8-9,11-12,17H,1,4-7,10H2,2H3/t12-/m1/s1. The number of hydrogen-bond donors (Lipinski definition) is 1. The lowest BCUT2D eigenvalue weighted by Gasteiger charge is -2.09. The lowest BCUT2D eigenvalue weighted by Crippen LogP contribution is -2.00. The number of aliphatic hydroxyl groups excluding tert-OH is 1. The molecule has 0 unspecified atom stereocenters. The van der Waals surface area contributed by atoms with Crippen molar-refractivity contribution < 1.29 is 14.2 Å². The van der Waals surface area contributed by atoms with E-state index < -0.39 is 11.9 Å². The summed E-state index contributed by atoms with van der Waals surface area (Å²) in [7, 11) is 0. The Hall–Kier alpha value is -1.35. The minimum absolute atomic E-state index is 0.253. The Morgan fingerprint density at radius 3 is 2.78 bits per heavy atom. The maximum Gasteiger partial charge on any atom is 0.165 e. The molecule has 0 aromatic heterocycles. The summed E-state index contributed by atoms with van der Waals surface area (Å²) in [6.07, 6.45) is 5.31. The maximum absolute atomic E-state index is 13.6. The fourth-order valence-corrected chi connectivity index (χ4v) is 1.64. The summed E-state index contributed by atoms with van der Waals surface area (Å²) in [5.41, 5.74) is 0.561. The van der Waals surface area contributed by atoms with Crippen LogP contribution in [0.5, 0.6) is 5.75 Å². The lowest BCUT2D eigenvalue weighted by molar-refractivity contribution is 0.198. The number of unbranched alkanes of at least 4 members (excludes halogenated alkanes) is 3. The number of ether oxygens (including phenoxy) is 1. The van der Waals surface area contributed by atoms with E-state index in [-0.39, 0.29) is 5.75 Å². The van der Waals surface area contributed by atoms with Crippen LogP contribution in [0, 0.1) is 5.82 Å². The zero-order valence-corrected chi connectivity index (χ0v) is 10.9. The molecule has 0 aliphatic heterocycles. The first kappa shape index (κ1) is 14.7. The van der Waals surface area contributed by atoms with Crippen molar-refractivity contribution in [2.24, 2.45) is 0 Å². The van der Waals surface area contributed by atoms with Gasteiger partial charge in [0.2, 0.25) is 0 Å². The molecule has 1 rings (SSSR count). The van der Waals surface area contributed by atoms with Gasteiger partial charge in [0.25, 0.3) is 0 Å². The van der Waals surface area contributed by atoms with Gasteiger partial charge in [0.1, 0.15) is 0 Å².